The maximum atomic E-state index is 13.5. The summed E-state index contributed by atoms with van der Waals surface area (Å²) in [5.74, 6) is 0.970. The molecule has 1 N–H and O–H groups in total. The van der Waals surface area contributed by atoms with Crippen molar-refractivity contribution in [3.05, 3.63) is 34.4 Å². The van der Waals surface area contributed by atoms with E-state index in [1.54, 1.807) is 33.8 Å². The fraction of sp³-hybridized carbons (Fsp3) is 0.560. The van der Waals surface area contributed by atoms with Gasteiger partial charge in [0, 0.05) is 28.6 Å². The summed E-state index contributed by atoms with van der Waals surface area (Å²) in [4.78, 5) is 29.6. The quantitative estimate of drug-likeness (QED) is 0.113. The Morgan fingerprint density at radius 1 is 1.26 bits per heavy atom. The first-order valence-electron chi connectivity index (χ1n) is 11.5. The van der Waals surface area contributed by atoms with Gasteiger partial charge in [0.15, 0.2) is 21.2 Å². The Kier molecular flexibility index (Phi) is 12.2. The molecule has 0 saturated heterocycles. The average Bonchev–Trinajstić information content (AvgIpc) is 2.83. The van der Waals surface area contributed by atoms with Crippen molar-refractivity contribution in [2.24, 2.45) is 15.3 Å². The number of Topliss-reactive ketones (excluding diaryl/α,β-unsaturated/α-hetero) is 1. The molecule has 8 nitrogen and oxygen atoms in total. The summed E-state index contributed by atoms with van der Waals surface area (Å²) >= 11 is -0.105. The zero-order valence-corrected chi connectivity index (χ0v) is 23.9. The van der Waals surface area contributed by atoms with Gasteiger partial charge in [-0.3, -0.25) is 10.2 Å². The van der Waals surface area contributed by atoms with Crippen LogP contribution < -0.4 is 10.2 Å². The molecular formula is C25H38N4O4S2. The number of hydrogen-bond acceptors (Lipinski definition) is 8. The third-order valence-electron chi connectivity index (χ3n) is 5.60. The number of hydrogen-bond donors (Lipinski definition) is 1. The monoisotopic (exact) mass is 522 g/mol. The Bertz CT molecular complexity index is 992. The molecule has 0 aliphatic carbocycles. The highest BCUT2D eigenvalue weighted by atomic mass is 32.2. The Balaban J connectivity index is 3.37. The van der Waals surface area contributed by atoms with Crippen LogP contribution in [-0.2, 0) is 16.0 Å². The molecule has 1 aromatic carbocycles. The SMILES string of the molecule is CCCC(=O)C(C)(C)[S+]([O-])c1cc(/C(SC)=C(C)/N=C(/C)N/N=C/C(C)(CC)N=O)ccc1OC. The van der Waals surface area contributed by atoms with E-state index in [2.05, 4.69) is 20.7 Å². The van der Waals surface area contributed by atoms with Crippen molar-refractivity contribution < 1.29 is 14.1 Å². The minimum Gasteiger partial charge on any atom is -0.611 e. The van der Waals surface area contributed by atoms with Crippen molar-refractivity contribution in [2.75, 3.05) is 13.4 Å². The second-order valence-corrected chi connectivity index (χ2v) is 11.6. The van der Waals surface area contributed by atoms with E-state index in [1.807, 2.05) is 39.2 Å². The topological polar surface area (TPSA) is 116 Å². The van der Waals surface area contributed by atoms with Gasteiger partial charge in [0.05, 0.1) is 19.0 Å². The molecular weight excluding hydrogens is 484 g/mol. The van der Waals surface area contributed by atoms with Gasteiger partial charge in [0.25, 0.3) is 0 Å². The lowest BCUT2D eigenvalue weighted by Crippen LogP contribution is -2.40. The fourth-order valence-corrected chi connectivity index (χ4v) is 5.25. The number of nitrogens with one attached hydrogen (secondary N) is 1. The summed E-state index contributed by atoms with van der Waals surface area (Å²) in [6.45, 7) is 12.6. The molecule has 0 saturated carbocycles. The number of aliphatic imine (C=N–C) groups is 1. The number of nitrogens with zero attached hydrogens (tertiary/aromatic N) is 3. The van der Waals surface area contributed by atoms with Crippen LogP contribution in [0.25, 0.3) is 4.91 Å². The molecule has 10 heteroatoms. The first-order chi connectivity index (χ1) is 16.4. The number of carbonyl (C=O) groups is 1. The zero-order valence-electron chi connectivity index (χ0n) is 22.2. The van der Waals surface area contributed by atoms with Crippen LogP contribution in [0.1, 0.15) is 73.3 Å². The molecule has 35 heavy (non-hydrogen) atoms. The molecule has 0 aliphatic rings. The highest BCUT2D eigenvalue weighted by Crippen LogP contribution is 2.38. The fourth-order valence-electron chi connectivity index (χ4n) is 3.12. The number of rotatable bonds is 13. The van der Waals surface area contributed by atoms with E-state index >= 15 is 0 Å². The molecule has 0 amide bonds. The Hall–Kier alpha value is -2.17. The summed E-state index contributed by atoms with van der Waals surface area (Å²) < 4.78 is 18.0. The van der Waals surface area contributed by atoms with E-state index in [9.17, 15) is 14.3 Å². The van der Waals surface area contributed by atoms with Crippen molar-refractivity contribution >= 4 is 45.7 Å². The van der Waals surface area contributed by atoms with E-state index in [0.29, 0.717) is 35.7 Å². The van der Waals surface area contributed by atoms with Crippen LogP contribution in [0.15, 0.2) is 44.1 Å². The van der Waals surface area contributed by atoms with Gasteiger partial charge in [-0.05, 0) is 71.4 Å². The molecule has 0 spiro atoms. The molecule has 0 aliphatic heterocycles. The normalized spacial score (nSPS) is 15.9. The molecule has 1 aromatic rings. The summed E-state index contributed by atoms with van der Waals surface area (Å²) in [6.07, 6.45) is 5.02. The maximum Gasteiger partial charge on any atom is 0.196 e. The van der Waals surface area contributed by atoms with Gasteiger partial charge >= 0.3 is 0 Å². The van der Waals surface area contributed by atoms with Crippen LogP contribution in [0.5, 0.6) is 5.75 Å². The third kappa shape index (κ3) is 8.18. The van der Waals surface area contributed by atoms with Crippen molar-refractivity contribution in [2.45, 2.75) is 82.9 Å². The molecule has 0 heterocycles. The van der Waals surface area contributed by atoms with Crippen LogP contribution in [0.2, 0.25) is 0 Å². The number of hydrazone groups is 1. The highest BCUT2D eigenvalue weighted by Gasteiger charge is 2.42. The van der Waals surface area contributed by atoms with Gasteiger partial charge < -0.3 is 9.29 Å². The highest BCUT2D eigenvalue weighted by molar-refractivity contribution is 8.07. The number of nitroso groups, excluding NO2 is 1. The van der Waals surface area contributed by atoms with E-state index in [4.69, 9.17) is 4.74 Å². The van der Waals surface area contributed by atoms with Gasteiger partial charge in [0.1, 0.15) is 11.4 Å². The van der Waals surface area contributed by atoms with Crippen LogP contribution in [0, 0.1) is 4.91 Å². The van der Waals surface area contributed by atoms with Crippen LogP contribution in [0.3, 0.4) is 0 Å². The third-order valence-corrected chi connectivity index (χ3v) is 8.41. The first-order valence-corrected chi connectivity index (χ1v) is 13.9. The molecule has 2 atom stereocenters. The Morgan fingerprint density at radius 3 is 2.43 bits per heavy atom. The lowest BCUT2D eigenvalue weighted by atomic mass is 10.0. The summed E-state index contributed by atoms with van der Waals surface area (Å²) in [5.41, 5.74) is 3.51. The summed E-state index contributed by atoms with van der Waals surface area (Å²) in [7, 11) is 1.52. The number of benzene rings is 1. The van der Waals surface area contributed by atoms with E-state index in [0.717, 1.165) is 16.2 Å². The zero-order chi connectivity index (χ0) is 26.8. The number of methoxy groups -OCH3 is 1. The van der Waals surface area contributed by atoms with Gasteiger partial charge in [-0.25, -0.2) is 4.99 Å². The number of carbonyl (C=O) groups excluding carboxylic acids is 1. The molecule has 2 unspecified atom stereocenters. The number of ketones is 1. The number of thioether (sulfide) groups is 1. The Morgan fingerprint density at radius 2 is 1.91 bits per heavy atom. The molecule has 1 rings (SSSR count). The van der Waals surface area contributed by atoms with E-state index < -0.39 is 21.5 Å². The second-order valence-electron chi connectivity index (χ2n) is 8.81. The number of amidine groups is 1. The van der Waals surface area contributed by atoms with Crippen molar-refractivity contribution in [3.8, 4) is 5.75 Å². The lowest BCUT2D eigenvalue weighted by molar-refractivity contribution is -0.120. The number of allylic oxidation sites excluding steroid dienone is 1. The maximum absolute atomic E-state index is 13.5. The van der Waals surface area contributed by atoms with Gasteiger partial charge in [-0.2, -0.15) is 5.10 Å². The molecule has 0 fully saturated rings. The van der Waals surface area contributed by atoms with Gasteiger partial charge in [-0.1, -0.05) is 19.0 Å². The molecule has 0 bridgehead atoms. The Labute approximate surface area is 216 Å². The van der Waals surface area contributed by atoms with E-state index in [1.165, 1.54) is 25.1 Å². The minimum atomic E-state index is -1.61. The first kappa shape index (κ1) is 30.9. The lowest BCUT2D eigenvalue weighted by Gasteiger charge is -2.28. The number of ether oxygens (including phenoxy) is 1. The van der Waals surface area contributed by atoms with Gasteiger partial charge in [0.2, 0.25) is 0 Å². The predicted molar refractivity (Wildman–Crippen MR) is 149 cm³/mol. The molecule has 0 radical (unpaired) electrons. The average molecular weight is 523 g/mol. The summed E-state index contributed by atoms with van der Waals surface area (Å²) in [5, 5.41) is 7.20. The largest absolute Gasteiger partial charge is 0.611 e. The van der Waals surface area contributed by atoms with Crippen LogP contribution in [-0.4, -0.2) is 46.0 Å². The standard InChI is InChI=1S/C25H38N4O4S2/c1-10-12-22(30)24(5,6)35(32)21-15-19(13-14-20(21)33-8)23(34-9)17(3)27-18(4)28-26-16-25(7,11-2)29-31/h13-16H,10-12H2,1-9H3,(H,27,28)/b23-17-,26-16+. The minimum absolute atomic E-state index is 0.0431. The van der Waals surface area contributed by atoms with Gasteiger partial charge in [-0.15, -0.1) is 16.7 Å². The van der Waals surface area contributed by atoms with Crippen LogP contribution in [0.4, 0.5) is 0 Å². The van der Waals surface area contributed by atoms with Crippen LogP contribution >= 0.6 is 11.8 Å². The van der Waals surface area contributed by atoms with Crippen molar-refractivity contribution in [1.82, 2.24) is 5.43 Å². The summed E-state index contributed by atoms with van der Waals surface area (Å²) in [6, 6.07) is 5.46. The predicted octanol–water partition coefficient (Wildman–Crippen LogP) is 5.93. The molecule has 194 valence electrons. The van der Waals surface area contributed by atoms with Crippen molar-refractivity contribution in [3.63, 3.8) is 0 Å². The molecule has 0 aromatic heterocycles. The smallest absolute Gasteiger partial charge is 0.196 e. The van der Waals surface area contributed by atoms with Crippen molar-refractivity contribution in [1.29, 1.82) is 0 Å². The van der Waals surface area contributed by atoms with E-state index in [-0.39, 0.29) is 5.78 Å². The second kappa shape index (κ2) is 13.8.